The third-order valence-electron chi connectivity index (χ3n) is 2.21. The maximum absolute atomic E-state index is 11.4. The first-order valence-corrected chi connectivity index (χ1v) is 6.11. The molecule has 0 saturated heterocycles. The van der Waals surface area contributed by atoms with Crippen molar-refractivity contribution in [2.45, 2.75) is 12.8 Å². The third-order valence-corrected chi connectivity index (χ3v) is 2.82. The van der Waals surface area contributed by atoms with E-state index in [2.05, 4.69) is 21.4 Å². The number of hydrazine groups is 1. The van der Waals surface area contributed by atoms with Crippen molar-refractivity contribution in [3.8, 4) is 5.75 Å². The van der Waals surface area contributed by atoms with Gasteiger partial charge in [0.2, 0.25) is 5.91 Å². The zero-order valence-corrected chi connectivity index (χ0v) is 11.9. The van der Waals surface area contributed by atoms with E-state index < -0.39 is 0 Å². The first-order chi connectivity index (χ1) is 8.02. The molecule has 17 heavy (non-hydrogen) atoms. The Balaban J connectivity index is 2.52. The van der Waals surface area contributed by atoms with Gasteiger partial charge in [0.25, 0.3) is 0 Å². The van der Waals surface area contributed by atoms with E-state index in [1.54, 1.807) is 26.2 Å². The van der Waals surface area contributed by atoms with E-state index >= 15 is 0 Å². The largest absolute Gasteiger partial charge is 0.496 e. The number of halogens is 1. The number of carbonyl (C=O) groups is 1. The molecule has 1 rings (SSSR count). The second-order valence-electron chi connectivity index (χ2n) is 3.90. The first kappa shape index (κ1) is 14.0. The van der Waals surface area contributed by atoms with Crippen molar-refractivity contribution in [1.29, 1.82) is 0 Å². The molecule has 0 bridgehead atoms. The van der Waals surface area contributed by atoms with Crippen LogP contribution in [0.3, 0.4) is 0 Å². The molecule has 0 spiro atoms. The number of benzene rings is 1. The molecule has 1 amide bonds. The van der Waals surface area contributed by atoms with Crippen LogP contribution < -0.4 is 10.2 Å². The lowest BCUT2D eigenvalue weighted by molar-refractivity contribution is -0.124. The number of methoxy groups -OCH3 is 1. The minimum Gasteiger partial charge on any atom is -0.496 e. The topological polar surface area (TPSA) is 41.6 Å². The number of hydrogen-bond donors (Lipinski definition) is 1. The second-order valence-corrected chi connectivity index (χ2v) is 4.75. The van der Waals surface area contributed by atoms with Crippen LogP contribution in [0.2, 0.25) is 0 Å². The normalized spacial score (nSPS) is 10.4. The van der Waals surface area contributed by atoms with Crippen molar-refractivity contribution in [3.05, 3.63) is 28.2 Å². The van der Waals surface area contributed by atoms with E-state index in [0.29, 0.717) is 12.8 Å². The van der Waals surface area contributed by atoms with Crippen LogP contribution in [0, 0.1) is 0 Å². The summed E-state index contributed by atoms with van der Waals surface area (Å²) in [4.78, 5) is 11.4. The molecule has 1 N–H and O–H groups in total. The van der Waals surface area contributed by atoms with Gasteiger partial charge in [0.1, 0.15) is 5.75 Å². The van der Waals surface area contributed by atoms with E-state index in [1.165, 1.54) is 0 Å². The van der Waals surface area contributed by atoms with Crippen molar-refractivity contribution >= 4 is 21.8 Å². The molecule has 1 aromatic carbocycles. The quantitative estimate of drug-likeness (QED) is 0.846. The van der Waals surface area contributed by atoms with Crippen molar-refractivity contribution in [3.63, 3.8) is 0 Å². The van der Waals surface area contributed by atoms with Gasteiger partial charge in [-0.25, -0.2) is 5.01 Å². The predicted molar refractivity (Wildman–Crippen MR) is 70.8 cm³/mol. The van der Waals surface area contributed by atoms with Gasteiger partial charge in [-0.1, -0.05) is 6.07 Å². The second kappa shape index (κ2) is 6.61. The van der Waals surface area contributed by atoms with Gasteiger partial charge in [0, 0.05) is 20.5 Å². The molecule has 0 aliphatic carbocycles. The van der Waals surface area contributed by atoms with Gasteiger partial charge in [0.05, 0.1) is 11.6 Å². The molecular weight excluding hydrogens is 284 g/mol. The summed E-state index contributed by atoms with van der Waals surface area (Å²) in [5.74, 6) is 0.813. The summed E-state index contributed by atoms with van der Waals surface area (Å²) in [7, 11) is 5.22. The minimum atomic E-state index is 0.0157. The highest BCUT2D eigenvalue weighted by atomic mass is 79.9. The van der Waals surface area contributed by atoms with Crippen LogP contribution in [0.1, 0.15) is 12.0 Å². The molecule has 0 heterocycles. The minimum absolute atomic E-state index is 0.0157. The van der Waals surface area contributed by atoms with Crippen LogP contribution in [-0.2, 0) is 11.2 Å². The number of carbonyl (C=O) groups excluding carboxylic acids is 1. The molecule has 4 nitrogen and oxygen atoms in total. The monoisotopic (exact) mass is 300 g/mol. The molecular formula is C12H17BrN2O2. The van der Waals surface area contributed by atoms with E-state index in [9.17, 15) is 4.79 Å². The van der Waals surface area contributed by atoms with Crippen LogP contribution >= 0.6 is 15.9 Å². The van der Waals surface area contributed by atoms with Crippen LogP contribution in [0.15, 0.2) is 22.7 Å². The van der Waals surface area contributed by atoms with Crippen molar-refractivity contribution in [2.24, 2.45) is 0 Å². The maximum atomic E-state index is 11.4. The smallest absolute Gasteiger partial charge is 0.234 e. The van der Waals surface area contributed by atoms with Crippen molar-refractivity contribution in [1.82, 2.24) is 10.4 Å². The third kappa shape index (κ3) is 4.75. The average Bonchev–Trinajstić information content (AvgIpc) is 2.25. The highest BCUT2D eigenvalue weighted by molar-refractivity contribution is 9.10. The van der Waals surface area contributed by atoms with Crippen LogP contribution in [0.25, 0.3) is 0 Å². The van der Waals surface area contributed by atoms with Gasteiger partial charge in [-0.15, -0.1) is 0 Å². The lowest BCUT2D eigenvalue weighted by Gasteiger charge is -2.11. The molecule has 0 saturated carbocycles. The number of rotatable bonds is 5. The summed E-state index contributed by atoms with van der Waals surface area (Å²) < 4.78 is 6.05. The Morgan fingerprint density at radius 1 is 1.47 bits per heavy atom. The van der Waals surface area contributed by atoms with Crippen LogP contribution in [-0.4, -0.2) is 32.1 Å². The Morgan fingerprint density at radius 3 is 2.71 bits per heavy atom. The van der Waals surface area contributed by atoms with Gasteiger partial charge >= 0.3 is 0 Å². The van der Waals surface area contributed by atoms with Gasteiger partial charge in [-0.2, -0.15) is 0 Å². The highest BCUT2D eigenvalue weighted by Crippen LogP contribution is 2.25. The average molecular weight is 301 g/mol. The number of hydrogen-bond acceptors (Lipinski definition) is 3. The van der Waals surface area contributed by atoms with E-state index in [1.807, 2.05) is 18.2 Å². The summed E-state index contributed by atoms with van der Waals surface area (Å²) in [5.41, 5.74) is 3.81. The molecule has 1 aromatic rings. The number of nitrogens with one attached hydrogen (secondary N) is 1. The molecule has 0 atom stereocenters. The number of aryl methyl sites for hydroxylation is 1. The summed E-state index contributed by atoms with van der Waals surface area (Å²) in [6, 6.07) is 5.83. The Morgan fingerprint density at radius 2 is 2.18 bits per heavy atom. The fraction of sp³-hybridized carbons (Fsp3) is 0.417. The molecule has 5 heteroatoms. The molecule has 0 aliphatic heterocycles. The standard InChI is InChI=1S/C12H17BrN2O2/c1-15(2)14-12(16)7-5-9-4-6-11(17-3)10(13)8-9/h4,6,8H,5,7H2,1-3H3,(H,14,16). The van der Waals surface area contributed by atoms with Crippen molar-refractivity contribution < 1.29 is 9.53 Å². The van der Waals surface area contributed by atoms with Gasteiger partial charge in [-0.3, -0.25) is 10.2 Å². The van der Waals surface area contributed by atoms with E-state index in [-0.39, 0.29) is 5.91 Å². The van der Waals surface area contributed by atoms with Crippen molar-refractivity contribution in [2.75, 3.05) is 21.2 Å². The van der Waals surface area contributed by atoms with Crippen LogP contribution in [0.4, 0.5) is 0 Å². The zero-order valence-electron chi connectivity index (χ0n) is 10.3. The fourth-order valence-corrected chi connectivity index (χ4v) is 2.02. The fourth-order valence-electron chi connectivity index (χ4n) is 1.43. The lowest BCUT2D eigenvalue weighted by atomic mass is 10.1. The van der Waals surface area contributed by atoms with E-state index in [0.717, 1.165) is 15.8 Å². The predicted octanol–water partition coefficient (Wildman–Crippen LogP) is 1.98. The van der Waals surface area contributed by atoms with Gasteiger partial charge < -0.3 is 4.74 Å². The molecule has 0 unspecified atom stereocenters. The number of amides is 1. The molecule has 0 aliphatic rings. The van der Waals surface area contributed by atoms with E-state index in [4.69, 9.17) is 4.74 Å². The van der Waals surface area contributed by atoms with Crippen LogP contribution in [0.5, 0.6) is 5.75 Å². The number of nitrogens with zero attached hydrogens (tertiary/aromatic N) is 1. The summed E-state index contributed by atoms with van der Waals surface area (Å²) in [6.45, 7) is 0. The summed E-state index contributed by atoms with van der Waals surface area (Å²) in [5, 5.41) is 1.65. The SMILES string of the molecule is COc1ccc(CCC(=O)NN(C)C)cc1Br. The zero-order chi connectivity index (χ0) is 12.8. The Labute approximate surface area is 110 Å². The number of ether oxygens (including phenoxy) is 1. The first-order valence-electron chi connectivity index (χ1n) is 5.32. The Kier molecular flexibility index (Phi) is 5.44. The van der Waals surface area contributed by atoms with Gasteiger partial charge in [-0.05, 0) is 40.0 Å². The summed E-state index contributed by atoms with van der Waals surface area (Å²) >= 11 is 3.42. The Hall–Kier alpha value is -1.07. The molecule has 94 valence electrons. The molecule has 0 radical (unpaired) electrons. The molecule has 0 aromatic heterocycles. The lowest BCUT2D eigenvalue weighted by Crippen LogP contribution is -2.36. The maximum Gasteiger partial charge on any atom is 0.234 e. The highest BCUT2D eigenvalue weighted by Gasteiger charge is 2.05. The molecule has 0 fully saturated rings. The summed E-state index contributed by atoms with van der Waals surface area (Å²) in [6.07, 6.45) is 1.18. The Bertz CT molecular complexity index is 394. The van der Waals surface area contributed by atoms with Gasteiger partial charge in [0.15, 0.2) is 0 Å².